The Morgan fingerprint density at radius 2 is 1.97 bits per heavy atom. The zero-order valence-electron chi connectivity index (χ0n) is 19.3. The van der Waals surface area contributed by atoms with Crippen LogP contribution in [-0.4, -0.2) is 50.1 Å². The van der Waals surface area contributed by atoms with Crippen LogP contribution >= 0.6 is 11.6 Å². The van der Waals surface area contributed by atoms with E-state index in [0.29, 0.717) is 5.92 Å². The number of amides is 1. The van der Waals surface area contributed by atoms with Crippen LogP contribution in [0.15, 0.2) is 42.5 Å². The standard InChI is InChI=1S/C26H34ClN3O2/c1-18(2)10-11-28-26(31)23-14-20-6-9-22(32-3)15-24(20)30-13-12-29(17-25(23)30)16-19-4-7-21(27)8-5-19/h4-9,15,18,23,25H,10-14,16-17H2,1-3H3,(H,28,31)/t23-,25+/m0/s1. The van der Waals surface area contributed by atoms with Gasteiger partial charge in [0, 0.05) is 49.5 Å². The number of nitrogens with one attached hydrogen (secondary N) is 1. The minimum absolute atomic E-state index is 0.0592. The van der Waals surface area contributed by atoms with Crippen LogP contribution in [-0.2, 0) is 17.8 Å². The van der Waals surface area contributed by atoms with Gasteiger partial charge in [0.05, 0.1) is 19.1 Å². The van der Waals surface area contributed by atoms with Gasteiger partial charge in [0.15, 0.2) is 0 Å². The summed E-state index contributed by atoms with van der Waals surface area (Å²) < 4.78 is 5.49. The third-order valence-corrected chi connectivity index (χ3v) is 6.94. The van der Waals surface area contributed by atoms with Gasteiger partial charge >= 0.3 is 0 Å². The maximum atomic E-state index is 13.3. The van der Waals surface area contributed by atoms with E-state index in [4.69, 9.17) is 16.3 Å². The Kier molecular flexibility index (Phi) is 7.27. The molecule has 0 spiro atoms. The Morgan fingerprint density at radius 3 is 2.69 bits per heavy atom. The highest BCUT2D eigenvalue weighted by Crippen LogP contribution is 2.38. The van der Waals surface area contributed by atoms with E-state index in [1.807, 2.05) is 18.2 Å². The van der Waals surface area contributed by atoms with Crippen molar-refractivity contribution >= 4 is 23.2 Å². The van der Waals surface area contributed by atoms with Gasteiger partial charge in [-0.05, 0) is 48.1 Å². The predicted octanol–water partition coefficient (Wildman–Crippen LogP) is 4.37. The minimum Gasteiger partial charge on any atom is -0.497 e. The third kappa shape index (κ3) is 5.21. The summed E-state index contributed by atoms with van der Waals surface area (Å²) in [5.41, 5.74) is 3.70. The summed E-state index contributed by atoms with van der Waals surface area (Å²) in [6.45, 7) is 8.70. The molecule has 0 bridgehead atoms. The maximum absolute atomic E-state index is 13.3. The summed E-state index contributed by atoms with van der Waals surface area (Å²) in [7, 11) is 1.71. The number of piperazine rings is 1. The molecule has 1 amide bonds. The van der Waals surface area contributed by atoms with Gasteiger partial charge in [0.2, 0.25) is 5.91 Å². The van der Waals surface area contributed by atoms with Crippen molar-refractivity contribution in [3.8, 4) is 5.75 Å². The fourth-order valence-corrected chi connectivity index (χ4v) is 5.00. The second kappa shape index (κ2) is 10.1. The molecule has 4 rings (SSSR count). The number of carbonyl (C=O) groups is 1. The van der Waals surface area contributed by atoms with Crippen molar-refractivity contribution < 1.29 is 9.53 Å². The summed E-state index contributed by atoms with van der Waals surface area (Å²) in [4.78, 5) is 18.2. The molecule has 0 unspecified atom stereocenters. The molecule has 2 atom stereocenters. The number of methoxy groups -OCH3 is 1. The molecule has 5 nitrogen and oxygen atoms in total. The molecule has 2 aromatic rings. The summed E-state index contributed by atoms with van der Waals surface area (Å²) >= 11 is 6.06. The molecular weight excluding hydrogens is 422 g/mol. The molecule has 1 N–H and O–H groups in total. The number of anilines is 1. The molecule has 2 heterocycles. The number of rotatable bonds is 7. The van der Waals surface area contributed by atoms with Crippen LogP contribution in [0.5, 0.6) is 5.75 Å². The van der Waals surface area contributed by atoms with E-state index < -0.39 is 0 Å². The van der Waals surface area contributed by atoms with E-state index in [2.05, 4.69) is 53.2 Å². The fraction of sp³-hybridized carbons (Fsp3) is 0.500. The van der Waals surface area contributed by atoms with Gasteiger partial charge in [-0.15, -0.1) is 0 Å². The Labute approximate surface area is 196 Å². The third-order valence-electron chi connectivity index (χ3n) is 6.69. The van der Waals surface area contributed by atoms with Crippen molar-refractivity contribution in [3.05, 3.63) is 58.6 Å². The van der Waals surface area contributed by atoms with E-state index >= 15 is 0 Å². The van der Waals surface area contributed by atoms with Gasteiger partial charge in [-0.25, -0.2) is 0 Å². The van der Waals surface area contributed by atoms with E-state index in [-0.39, 0.29) is 17.9 Å². The Balaban J connectivity index is 1.55. The Bertz CT molecular complexity index is 931. The van der Waals surface area contributed by atoms with Crippen molar-refractivity contribution in [3.63, 3.8) is 0 Å². The molecule has 6 heteroatoms. The van der Waals surface area contributed by atoms with Crippen molar-refractivity contribution in [1.29, 1.82) is 0 Å². The molecule has 0 aromatic heterocycles. The van der Waals surface area contributed by atoms with Crippen molar-refractivity contribution in [1.82, 2.24) is 10.2 Å². The van der Waals surface area contributed by atoms with Crippen LogP contribution in [0.3, 0.4) is 0 Å². The average molecular weight is 456 g/mol. The van der Waals surface area contributed by atoms with Crippen molar-refractivity contribution in [2.75, 3.05) is 38.2 Å². The average Bonchev–Trinajstić information content (AvgIpc) is 2.79. The lowest BCUT2D eigenvalue weighted by molar-refractivity contribution is -0.126. The first-order chi connectivity index (χ1) is 15.4. The van der Waals surface area contributed by atoms with Gasteiger partial charge in [0.25, 0.3) is 0 Å². The van der Waals surface area contributed by atoms with E-state index in [1.165, 1.54) is 16.8 Å². The highest BCUT2D eigenvalue weighted by molar-refractivity contribution is 6.30. The van der Waals surface area contributed by atoms with E-state index in [9.17, 15) is 4.79 Å². The summed E-state index contributed by atoms with van der Waals surface area (Å²) in [6.07, 6.45) is 1.77. The maximum Gasteiger partial charge on any atom is 0.225 e. The number of ether oxygens (including phenoxy) is 1. The van der Waals surface area contributed by atoms with Crippen LogP contribution in [0.2, 0.25) is 5.02 Å². The highest BCUT2D eigenvalue weighted by atomic mass is 35.5. The molecule has 2 aromatic carbocycles. The molecule has 1 fully saturated rings. The zero-order valence-corrected chi connectivity index (χ0v) is 20.1. The number of benzene rings is 2. The second-order valence-electron chi connectivity index (χ2n) is 9.40. The molecule has 0 saturated carbocycles. The van der Waals surface area contributed by atoms with E-state index in [0.717, 1.165) is 56.3 Å². The number of carbonyl (C=O) groups excluding carboxylic acids is 1. The number of hydrogen-bond acceptors (Lipinski definition) is 4. The first kappa shape index (κ1) is 22.9. The molecule has 172 valence electrons. The first-order valence-electron chi connectivity index (χ1n) is 11.6. The van der Waals surface area contributed by atoms with E-state index in [1.54, 1.807) is 7.11 Å². The lowest BCUT2D eigenvalue weighted by atomic mass is 9.83. The van der Waals surface area contributed by atoms with Crippen molar-refractivity contribution in [2.45, 2.75) is 39.3 Å². The van der Waals surface area contributed by atoms with Crippen LogP contribution in [0.4, 0.5) is 5.69 Å². The first-order valence-corrected chi connectivity index (χ1v) is 12.0. The summed E-state index contributed by atoms with van der Waals surface area (Å²) in [6, 6.07) is 14.5. The molecular formula is C26H34ClN3O2. The monoisotopic (exact) mass is 455 g/mol. The smallest absolute Gasteiger partial charge is 0.225 e. The molecule has 2 aliphatic heterocycles. The normalized spacial score (nSPS) is 20.6. The summed E-state index contributed by atoms with van der Waals surface area (Å²) in [5.74, 6) is 1.56. The predicted molar refractivity (Wildman–Crippen MR) is 131 cm³/mol. The Morgan fingerprint density at radius 1 is 1.19 bits per heavy atom. The molecule has 1 saturated heterocycles. The molecule has 0 aliphatic carbocycles. The van der Waals surface area contributed by atoms with Gasteiger partial charge in [-0.2, -0.15) is 0 Å². The number of fused-ring (bicyclic) bond motifs is 3. The topological polar surface area (TPSA) is 44.8 Å². The Hall–Kier alpha value is -2.24. The van der Waals surface area contributed by atoms with Crippen LogP contribution in [0.25, 0.3) is 0 Å². The fourth-order valence-electron chi connectivity index (χ4n) is 4.87. The summed E-state index contributed by atoms with van der Waals surface area (Å²) in [5, 5.41) is 3.98. The van der Waals surface area contributed by atoms with Gasteiger partial charge < -0.3 is 15.0 Å². The largest absolute Gasteiger partial charge is 0.497 e. The van der Waals surface area contributed by atoms with Gasteiger partial charge in [0.1, 0.15) is 5.75 Å². The molecule has 2 aliphatic rings. The molecule has 0 radical (unpaired) electrons. The number of halogens is 1. The SMILES string of the molecule is COc1ccc2c(c1)N1CCN(Cc3ccc(Cl)cc3)C[C@@H]1[C@@H](C(=O)NCCC(C)C)C2. The lowest BCUT2D eigenvalue weighted by Gasteiger charge is -2.49. The number of hydrogen-bond donors (Lipinski definition) is 1. The van der Waals surface area contributed by atoms with Gasteiger partial charge in [-0.1, -0.05) is 43.6 Å². The quantitative estimate of drug-likeness (QED) is 0.673. The van der Waals surface area contributed by atoms with Crippen LogP contribution in [0.1, 0.15) is 31.4 Å². The zero-order chi connectivity index (χ0) is 22.7. The van der Waals surface area contributed by atoms with Crippen LogP contribution < -0.4 is 15.0 Å². The minimum atomic E-state index is -0.0592. The highest BCUT2D eigenvalue weighted by Gasteiger charge is 2.41. The lowest BCUT2D eigenvalue weighted by Crippen LogP contribution is -2.60. The van der Waals surface area contributed by atoms with Gasteiger partial charge in [-0.3, -0.25) is 9.69 Å². The van der Waals surface area contributed by atoms with Crippen molar-refractivity contribution in [2.24, 2.45) is 11.8 Å². The van der Waals surface area contributed by atoms with Crippen LogP contribution in [0, 0.1) is 11.8 Å². The second-order valence-corrected chi connectivity index (χ2v) is 9.84. The number of nitrogens with zero attached hydrogens (tertiary/aromatic N) is 2. The molecule has 32 heavy (non-hydrogen) atoms.